The van der Waals surface area contributed by atoms with Gasteiger partial charge in [0.1, 0.15) is 0 Å². The number of hydrogen-bond donors (Lipinski definition) is 2. The van der Waals surface area contributed by atoms with Crippen LogP contribution in [0, 0.1) is 6.92 Å². The number of rotatable bonds is 6. The molecule has 2 N–H and O–H groups in total. The smallest absolute Gasteiger partial charge is 0.255 e. The molecule has 1 aliphatic carbocycles. The van der Waals surface area contributed by atoms with E-state index in [9.17, 15) is 9.59 Å². The second kappa shape index (κ2) is 9.43. The third-order valence-electron chi connectivity index (χ3n) is 6.19. The van der Waals surface area contributed by atoms with E-state index in [-0.39, 0.29) is 18.4 Å². The molecule has 0 saturated heterocycles. The summed E-state index contributed by atoms with van der Waals surface area (Å²) in [5.41, 5.74) is 4.51. The number of nitrogens with zero attached hydrogens (tertiary/aromatic N) is 4. The molecule has 0 unspecified atom stereocenters. The number of nitrogens with one attached hydrogen (secondary N) is 2. The van der Waals surface area contributed by atoms with Crippen molar-refractivity contribution in [2.45, 2.75) is 45.2 Å². The van der Waals surface area contributed by atoms with Gasteiger partial charge in [0.25, 0.3) is 11.8 Å². The second-order valence-electron chi connectivity index (χ2n) is 8.63. The van der Waals surface area contributed by atoms with Crippen molar-refractivity contribution in [3.8, 4) is 0 Å². The van der Waals surface area contributed by atoms with Crippen LogP contribution in [0.3, 0.4) is 0 Å². The summed E-state index contributed by atoms with van der Waals surface area (Å²) in [4.78, 5) is 39.2. The Kier molecular flexibility index (Phi) is 6.03. The van der Waals surface area contributed by atoms with Gasteiger partial charge in [-0.05, 0) is 44.0 Å². The van der Waals surface area contributed by atoms with Crippen molar-refractivity contribution in [2.24, 2.45) is 0 Å². The fraction of sp³-hybridized carbons (Fsp3) is 0.269. The molecule has 2 heterocycles. The molecule has 8 heteroatoms. The zero-order valence-electron chi connectivity index (χ0n) is 19.0. The first-order valence-electron chi connectivity index (χ1n) is 11.5. The van der Waals surface area contributed by atoms with Gasteiger partial charge < -0.3 is 15.2 Å². The zero-order chi connectivity index (χ0) is 23.5. The molecule has 2 amide bonds. The average Bonchev–Trinajstić information content (AvgIpc) is 3.53. The molecule has 8 nitrogen and oxygen atoms in total. The van der Waals surface area contributed by atoms with E-state index in [1.165, 1.54) is 12.8 Å². The van der Waals surface area contributed by atoms with E-state index in [2.05, 4.69) is 30.2 Å². The minimum absolute atomic E-state index is 0.239. The Morgan fingerprint density at radius 2 is 1.79 bits per heavy atom. The van der Waals surface area contributed by atoms with E-state index >= 15 is 0 Å². The molecule has 172 valence electrons. The molecule has 0 spiro atoms. The first kappa shape index (κ1) is 21.8. The summed E-state index contributed by atoms with van der Waals surface area (Å²) in [6, 6.07) is 12.9. The van der Waals surface area contributed by atoms with Crippen LogP contribution in [0.5, 0.6) is 0 Å². The topological polar surface area (TPSA) is 102 Å². The highest BCUT2D eigenvalue weighted by atomic mass is 16.2. The Morgan fingerprint density at radius 3 is 2.53 bits per heavy atom. The number of benzene rings is 2. The maximum Gasteiger partial charge on any atom is 0.255 e. The van der Waals surface area contributed by atoms with Crippen LogP contribution < -0.4 is 10.6 Å². The van der Waals surface area contributed by atoms with Crippen molar-refractivity contribution in [3.63, 3.8) is 0 Å². The third-order valence-corrected chi connectivity index (χ3v) is 6.19. The standard InChI is InChI=1S/C26H26N6O2/c1-17-13-28-20(14-27-17)15-29-26(34)22-11-19(31-25(33)18-7-3-2-4-8-18)12-23-24(22)32(16-30-23)21-9-5-6-10-21/h2-4,7-8,11-14,16,21H,5-6,9-10,15H2,1H3,(H,29,34)(H,31,33). The van der Waals surface area contributed by atoms with Crippen molar-refractivity contribution < 1.29 is 9.59 Å². The molecule has 2 aromatic carbocycles. The number of aromatic nitrogens is 4. The number of imidazole rings is 1. The number of aryl methyl sites for hydroxylation is 1. The molecule has 0 radical (unpaired) electrons. The number of carbonyl (C=O) groups is 2. The predicted molar refractivity (Wildman–Crippen MR) is 130 cm³/mol. The van der Waals surface area contributed by atoms with Crippen LogP contribution in [0.15, 0.2) is 61.2 Å². The van der Waals surface area contributed by atoms with Gasteiger partial charge in [-0.15, -0.1) is 0 Å². The van der Waals surface area contributed by atoms with Crippen molar-refractivity contribution in [3.05, 3.63) is 83.7 Å². The van der Waals surface area contributed by atoms with Gasteiger partial charge in [0.05, 0.1) is 47.1 Å². The lowest BCUT2D eigenvalue weighted by atomic mass is 10.1. The number of amides is 2. The van der Waals surface area contributed by atoms with Crippen molar-refractivity contribution in [2.75, 3.05) is 5.32 Å². The molecule has 1 saturated carbocycles. The predicted octanol–water partition coefficient (Wildman–Crippen LogP) is 4.43. The lowest BCUT2D eigenvalue weighted by molar-refractivity contribution is 0.0950. The maximum atomic E-state index is 13.4. The molecule has 1 fully saturated rings. The summed E-state index contributed by atoms with van der Waals surface area (Å²) in [5, 5.41) is 5.87. The summed E-state index contributed by atoms with van der Waals surface area (Å²) >= 11 is 0. The monoisotopic (exact) mass is 454 g/mol. The van der Waals surface area contributed by atoms with Crippen LogP contribution >= 0.6 is 0 Å². The summed E-state index contributed by atoms with van der Waals surface area (Å²) < 4.78 is 2.12. The summed E-state index contributed by atoms with van der Waals surface area (Å²) in [6.07, 6.45) is 9.62. The van der Waals surface area contributed by atoms with Crippen LogP contribution in [0.4, 0.5) is 5.69 Å². The maximum absolute atomic E-state index is 13.4. The zero-order valence-corrected chi connectivity index (χ0v) is 19.0. The van der Waals surface area contributed by atoms with E-state index < -0.39 is 0 Å². The molecule has 0 bridgehead atoms. The molecule has 2 aromatic heterocycles. The average molecular weight is 455 g/mol. The van der Waals surface area contributed by atoms with Gasteiger partial charge in [-0.1, -0.05) is 31.0 Å². The molecular weight excluding hydrogens is 428 g/mol. The van der Waals surface area contributed by atoms with E-state index in [4.69, 9.17) is 0 Å². The van der Waals surface area contributed by atoms with Gasteiger partial charge >= 0.3 is 0 Å². The highest BCUT2D eigenvalue weighted by Crippen LogP contribution is 2.34. The van der Waals surface area contributed by atoms with Gasteiger partial charge in [-0.2, -0.15) is 0 Å². The van der Waals surface area contributed by atoms with Gasteiger partial charge in [-0.25, -0.2) is 4.98 Å². The van der Waals surface area contributed by atoms with Gasteiger partial charge in [0.15, 0.2) is 0 Å². The molecular formula is C26H26N6O2. The summed E-state index contributed by atoms with van der Waals surface area (Å²) in [6.45, 7) is 2.12. The van der Waals surface area contributed by atoms with Crippen molar-refractivity contribution in [1.29, 1.82) is 0 Å². The summed E-state index contributed by atoms with van der Waals surface area (Å²) in [5.74, 6) is -0.487. The van der Waals surface area contributed by atoms with Crippen molar-refractivity contribution >= 4 is 28.5 Å². The first-order chi connectivity index (χ1) is 16.6. The van der Waals surface area contributed by atoms with E-state index in [0.29, 0.717) is 34.1 Å². The largest absolute Gasteiger partial charge is 0.346 e. The highest BCUT2D eigenvalue weighted by Gasteiger charge is 2.23. The SMILES string of the molecule is Cc1cnc(CNC(=O)c2cc(NC(=O)c3ccccc3)cc3ncn(C4CCCC4)c23)cn1. The lowest BCUT2D eigenvalue weighted by Crippen LogP contribution is -2.25. The van der Waals surface area contributed by atoms with E-state index in [0.717, 1.165) is 24.1 Å². The lowest BCUT2D eigenvalue weighted by Gasteiger charge is -2.16. The second-order valence-corrected chi connectivity index (χ2v) is 8.63. The normalized spacial score (nSPS) is 13.8. The molecule has 34 heavy (non-hydrogen) atoms. The number of hydrogen-bond acceptors (Lipinski definition) is 5. The minimum Gasteiger partial charge on any atom is -0.346 e. The van der Waals surface area contributed by atoms with Crippen molar-refractivity contribution in [1.82, 2.24) is 24.8 Å². The molecule has 4 aromatic rings. The quantitative estimate of drug-likeness (QED) is 0.449. The van der Waals surface area contributed by atoms with Gasteiger partial charge in [0.2, 0.25) is 0 Å². The van der Waals surface area contributed by atoms with E-state index in [1.807, 2.05) is 37.5 Å². The number of fused-ring (bicyclic) bond motifs is 1. The Bertz CT molecular complexity index is 1320. The van der Waals surface area contributed by atoms with Crippen LogP contribution in [0.2, 0.25) is 0 Å². The Balaban J connectivity index is 1.48. The first-order valence-corrected chi connectivity index (χ1v) is 11.5. The third kappa shape index (κ3) is 4.52. The molecule has 1 aliphatic rings. The molecule has 0 aliphatic heterocycles. The van der Waals surface area contributed by atoms with Crippen LogP contribution in [0.1, 0.15) is 63.8 Å². The fourth-order valence-electron chi connectivity index (χ4n) is 4.45. The molecule has 0 atom stereocenters. The van der Waals surface area contributed by atoms with Gasteiger partial charge in [-0.3, -0.25) is 19.6 Å². The Hall–Kier alpha value is -4.07. The fourth-order valence-corrected chi connectivity index (χ4v) is 4.45. The Morgan fingerprint density at radius 1 is 1.00 bits per heavy atom. The number of carbonyl (C=O) groups excluding carboxylic acids is 2. The van der Waals surface area contributed by atoms with Crippen LogP contribution in [0.25, 0.3) is 11.0 Å². The Labute approximate surface area is 197 Å². The summed E-state index contributed by atoms with van der Waals surface area (Å²) in [7, 11) is 0. The number of anilines is 1. The minimum atomic E-state index is -0.247. The highest BCUT2D eigenvalue weighted by molar-refractivity contribution is 6.09. The van der Waals surface area contributed by atoms with Crippen LogP contribution in [-0.2, 0) is 6.54 Å². The van der Waals surface area contributed by atoms with E-state index in [1.54, 1.807) is 30.6 Å². The van der Waals surface area contributed by atoms with Gasteiger partial charge in [0, 0.05) is 23.5 Å². The molecule has 5 rings (SSSR count). The van der Waals surface area contributed by atoms with Crippen LogP contribution in [-0.4, -0.2) is 31.3 Å².